The van der Waals surface area contributed by atoms with Gasteiger partial charge >= 0.3 is 0 Å². The lowest BCUT2D eigenvalue weighted by atomic mass is 10.1. The van der Waals surface area contributed by atoms with Gasteiger partial charge in [-0.2, -0.15) is 0 Å². The molecule has 0 aliphatic carbocycles. The number of aromatic nitrogens is 1. The van der Waals surface area contributed by atoms with Crippen molar-refractivity contribution in [3.63, 3.8) is 0 Å². The normalized spacial score (nSPS) is 11.2. The third-order valence-corrected chi connectivity index (χ3v) is 3.13. The number of hydrogen-bond donors (Lipinski definition) is 1. The molecule has 0 radical (unpaired) electrons. The van der Waals surface area contributed by atoms with Crippen LogP contribution in [0.1, 0.15) is 30.7 Å². The first-order chi connectivity index (χ1) is 7.72. The van der Waals surface area contributed by atoms with E-state index in [0.29, 0.717) is 5.92 Å². The summed E-state index contributed by atoms with van der Waals surface area (Å²) in [6, 6.07) is 0. The lowest BCUT2D eigenvalue weighted by Crippen LogP contribution is -2.18. The van der Waals surface area contributed by atoms with Crippen molar-refractivity contribution in [1.29, 1.82) is 0 Å². The first-order valence-corrected chi connectivity index (χ1v) is 6.76. The SMILES string of the molecule is CCOCCNCc1cnc(CC(C)C)s1. The molecule has 92 valence electrons. The van der Waals surface area contributed by atoms with Gasteiger partial charge in [-0.3, -0.25) is 0 Å². The molecule has 0 spiro atoms. The summed E-state index contributed by atoms with van der Waals surface area (Å²) in [7, 11) is 0. The Balaban J connectivity index is 2.19. The van der Waals surface area contributed by atoms with E-state index in [1.165, 1.54) is 9.88 Å². The van der Waals surface area contributed by atoms with Crippen LogP contribution in [0.25, 0.3) is 0 Å². The fourth-order valence-corrected chi connectivity index (χ4v) is 2.48. The smallest absolute Gasteiger partial charge is 0.0930 e. The molecule has 0 bridgehead atoms. The summed E-state index contributed by atoms with van der Waals surface area (Å²) in [5, 5.41) is 4.60. The fraction of sp³-hybridized carbons (Fsp3) is 0.750. The van der Waals surface area contributed by atoms with Crippen molar-refractivity contribution in [3.8, 4) is 0 Å². The van der Waals surface area contributed by atoms with E-state index in [1.54, 1.807) is 0 Å². The predicted octanol–water partition coefficient (Wildman–Crippen LogP) is 2.47. The first kappa shape index (κ1) is 13.6. The zero-order chi connectivity index (χ0) is 11.8. The molecule has 1 rings (SSSR count). The summed E-state index contributed by atoms with van der Waals surface area (Å²) in [6.07, 6.45) is 3.07. The Morgan fingerprint density at radius 2 is 2.31 bits per heavy atom. The molecule has 0 unspecified atom stereocenters. The van der Waals surface area contributed by atoms with Crippen molar-refractivity contribution in [2.75, 3.05) is 19.8 Å². The van der Waals surface area contributed by atoms with Gasteiger partial charge in [-0.25, -0.2) is 4.98 Å². The van der Waals surface area contributed by atoms with Crippen LogP contribution < -0.4 is 5.32 Å². The zero-order valence-corrected chi connectivity index (χ0v) is 11.3. The van der Waals surface area contributed by atoms with Gasteiger partial charge in [0.2, 0.25) is 0 Å². The van der Waals surface area contributed by atoms with Gasteiger partial charge in [0.1, 0.15) is 0 Å². The molecule has 4 heteroatoms. The highest BCUT2D eigenvalue weighted by Gasteiger charge is 2.03. The van der Waals surface area contributed by atoms with E-state index in [0.717, 1.165) is 32.7 Å². The van der Waals surface area contributed by atoms with Crippen LogP contribution in [-0.2, 0) is 17.7 Å². The number of hydrogen-bond acceptors (Lipinski definition) is 4. The molecule has 1 aromatic heterocycles. The Labute approximate surface area is 102 Å². The van der Waals surface area contributed by atoms with Crippen LogP contribution in [0, 0.1) is 5.92 Å². The molecule has 0 aliphatic rings. The lowest BCUT2D eigenvalue weighted by molar-refractivity contribution is 0.149. The molecule has 0 fully saturated rings. The molecule has 0 atom stereocenters. The molecule has 0 aliphatic heterocycles. The predicted molar refractivity (Wildman–Crippen MR) is 68.9 cm³/mol. The van der Waals surface area contributed by atoms with Crippen LogP contribution in [0.2, 0.25) is 0 Å². The molecular formula is C12H22N2OS. The van der Waals surface area contributed by atoms with E-state index < -0.39 is 0 Å². The summed E-state index contributed by atoms with van der Waals surface area (Å²) in [5.74, 6) is 0.685. The highest BCUT2D eigenvalue weighted by molar-refractivity contribution is 7.11. The van der Waals surface area contributed by atoms with Crippen LogP contribution in [0.5, 0.6) is 0 Å². The number of nitrogens with one attached hydrogen (secondary N) is 1. The summed E-state index contributed by atoms with van der Waals surface area (Å²) in [4.78, 5) is 5.73. The molecule has 3 nitrogen and oxygen atoms in total. The number of thiazole rings is 1. The monoisotopic (exact) mass is 242 g/mol. The maximum Gasteiger partial charge on any atom is 0.0930 e. The van der Waals surface area contributed by atoms with Gasteiger partial charge in [0.25, 0.3) is 0 Å². The van der Waals surface area contributed by atoms with E-state index >= 15 is 0 Å². The second kappa shape index (κ2) is 7.76. The third kappa shape index (κ3) is 5.58. The third-order valence-electron chi connectivity index (χ3n) is 2.11. The van der Waals surface area contributed by atoms with Gasteiger partial charge < -0.3 is 10.1 Å². The minimum atomic E-state index is 0.685. The van der Waals surface area contributed by atoms with Crippen molar-refractivity contribution in [1.82, 2.24) is 10.3 Å². The Hall–Kier alpha value is -0.450. The van der Waals surface area contributed by atoms with Crippen molar-refractivity contribution in [2.45, 2.75) is 33.7 Å². The van der Waals surface area contributed by atoms with Gasteiger partial charge in [0, 0.05) is 37.2 Å². The van der Waals surface area contributed by atoms with E-state index in [-0.39, 0.29) is 0 Å². The van der Waals surface area contributed by atoms with E-state index in [1.807, 2.05) is 24.5 Å². The molecule has 0 aromatic carbocycles. The van der Waals surface area contributed by atoms with Crippen molar-refractivity contribution in [2.24, 2.45) is 5.92 Å². The van der Waals surface area contributed by atoms with Crippen LogP contribution >= 0.6 is 11.3 Å². The summed E-state index contributed by atoms with van der Waals surface area (Å²) < 4.78 is 5.25. The average Bonchev–Trinajstić information content (AvgIpc) is 2.64. The Bertz CT molecular complexity index is 286. The Morgan fingerprint density at radius 3 is 3.00 bits per heavy atom. The van der Waals surface area contributed by atoms with Crippen molar-refractivity contribution < 1.29 is 4.74 Å². The van der Waals surface area contributed by atoms with Crippen LogP contribution in [-0.4, -0.2) is 24.7 Å². The number of ether oxygens (including phenoxy) is 1. The number of nitrogens with zero attached hydrogens (tertiary/aromatic N) is 1. The highest BCUT2D eigenvalue weighted by Crippen LogP contribution is 2.16. The summed E-state index contributed by atoms with van der Waals surface area (Å²) in [5.41, 5.74) is 0. The standard InChI is InChI=1S/C12H22N2OS/c1-4-15-6-5-13-8-11-9-14-12(16-11)7-10(2)3/h9-10,13H,4-8H2,1-3H3. The van der Waals surface area contributed by atoms with Crippen molar-refractivity contribution >= 4 is 11.3 Å². The highest BCUT2D eigenvalue weighted by atomic mass is 32.1. The van der Waals surface area contributed by atoms with Gasteiger partial charge in [-0.15, -0.1) is 11.3 Å². The minimum absolute atomic E-state index is 0.685. The second-order valence-electron chi connectivity index (χ2n) is 4.19. The molecule has 0 saturated carbocycles. The second-order valence-corrected chi connectivity index (χ2v) is 5.39. The zero-order valence-electron chi connectivity index (χ0n) is 10.5. The van der Waals surface area contributed by atoms with Crippen LogP contribution in [0.15, 0.2) is 6.20 Å². The first-order valence-electron chi connectivity index (χ1n) is 5.94. The molecule has 16 heavy (non-hydrogen) atoms. The maximum atomic E-state index is 5.25. The Kier molecular flexibility index (Phi) is 6.61. The van der Waals surface area contributed by atoms with Gasteiger partial charge in [0.05, 0.1) is 11.6 Å². The van der Waals surface area contributed by atoms with Crippen LogP contribution in [0.4, 0.5) is 0 Å². The van der Waals surface area contributed by atoms with E-state index in [2.05, 4.69) is 24.1 Å². The van der Waals surface area contributed by atoms with Gasteiger partial charge in [-0.05, 0) is 12.8 Å². The molecule has 0 saturated heterocycles. The van der Waals surface area contributed by atoms with Gasteiger partial charge in [-0.1, -0.05) is 13.8 Å². The molecule has 0 amide bonds. The quantitative estimate of drug-likeness (QED) is 0.711. The topological polar surface area (TPSA) is 34.1 Å². The summed E-state index contributed by atoms with van der Waals surface area (Å²) in [6.45, 7) is 9.85. The molecule has 1 heterocycles. The summed E-state index contributed by atoms with van der Waals surface area (Å²) >= 11 is 1.81. The Morgan fingerprint density at radius 1 is 1.50 bits per heavy atom. The molecule has 1 aromatic rings. The van der Waals surface area contributed by atoms with Gasteiger partial charge in [0.15, 0.2) is 0 Å². The molecular weight excluding hydrogens is 220 g/mol. The lowest BCUT2D eigenvalue weighted by Gasteiger charge is -2.02. The number of rotatable bonds is 8. The minimum Gasteiger partial charge on any atom is -0.380 e. The van der Waals surface area contributed by atoms with E-state index in [4.69, 9.17) is 4.74 Å². The van der Waals surface area contributed by atoms with E-state index in [9.17, 15) is 0 Å². The maximum absolute atomic E-state index is 5.25. The largest absolute Gasteiger partial charge is 0.380 e. The molecule has 1 N–H and O–H groups in total. The fourth-order valence-electron chi connectivity index (χ4n) is 1.37. The van der Waals surface area contributed by atoms with Crippen LogP contribution in [0.3, 0.4) is 0 Å². The average molecular weight is 242 g/mol. The van der Waals surface area contributed by atoms with Crippen molar-refractivity contribution in [3.05, 3.63) is 16.1 Å².